The summed E-state index contributed by atoms with van der Waals surface area (Å²) in [5.74, 6) is 1.51. The van der Waals surface area contributed by atoms with Gasteiger partial charge in [0.2, 0.25) is 5.88 Å². The minimum atomic E-state index is -0.700. The van der Waals surface area contributed by atoms with Crippen LogP contribution >= 0.6 is 27.5 Å². The Morgan fingerprint density at radius 1 is 1.36 bits per heavy atom. The molecule has 1 aromatic carbocycles. The number of aromatic nitrogens is 1. The topological polar surface area (TPSA) is 95.4 Å². The van der Waals surface area contributed by atoms with E-state index < -0.39 is 29.7 Å². The predicted molar refractivity (Wildman–Crippen MR) is 136 cm³/mol. The second-order valence-corrected chi connectivity index (χ2v) is 11.4. The van der Waals surface area contributed by atoms with Gasteiger partial charge in [0.25, 0.3) is 0 Å². The Morgan fingerprint density at radius 2 is 2.08 bits per heavy atom. The van der Waals surface area contributed by atoms with Crippen molar-refractivity contribution in [2.24, 2.45) is 0 Å². The minimum absolute atomic E-state index is 0.0399. The maximum Gasteiger partial charge on any atom is 0.410 e. The first-order chi connectivity index (χ1) is 16.9. The van der Waals surface area contributed by atoms with E-state index >= 15 is 4.39 Å². The number of halogens is 3. The Bertz CT molecular complexity index is 1330. The van der Waals surface area contributed by atoms with E-state index in [0.717, 1.165) is 0 Å². The SMILES string of the molecule is C[C@@H]1CN2c3c4c(nc5c(F)c(Br)c(Cl)cc35)O[C@H](CO)CN4C(=C=O)[C@H]2CN1C(=O)OC(C)(C)C. The van der Waals surface area contributed by atoms with Gasteiger partial charge in [-0.25, -0.2) is 19.0 Å². The molecule has 1 N–H and O–H groups in total. The number of piperazine rings is 1. The van der Waals surface area contributed by atoms with E-state index in [2.05, 4.69) is 26.9 Å². The number of nitrogens with zero attached hydrogens (tertiary/aromatic N) is 4. The highest BCUT2D eigenvalue weighted by Gasteiger charge is 2.48. The molecule has 1 saturated heterocycles. The number of fused-ring (bicyclic) bond motifs is 4. The van der Waals surface area contributed by atoms with Crippen LogP contribution in [0.15, 0.2) is 16.2 Å². The van der Waals surface area contributed by atoms with Crippen molar-refractivity contribution >= 4 is 61.8 Å². The summed E-state index contributed by atoms with van der Waals surface area (Å²) < 4.78 is 26.9. The van der Waals surface area contributed by atoms with Crippen molar-refractivity contribution in [2.45, 2.75) is 51.5 Å². The Morgan fingerprint density at radius 3 is 2.72 bits per heavy atom. The molecule has 12 heteroatoms. The molecule has 3 atom stereocenters. The Labute approximate surface area is 220 Å². The number of rotatable bonds is 1. The number of amides is 1. The van der Waals surface area contributed by atoms with Crippen LogP contribution in [-0.2, 0) is 9.53 Å². The van der Waals surface area contributed by atoms with Gasteiger partial charge < -0.3 is 29.3 Å². The summed E-state index contributed by atoms with van der Waals surface area (Å²) in [7, 11) is 0. The zero-order valence-corrected chi connectivity index (χ0v) is 22.5. The van der Waals surface area contributed by atoms with E-state index in [9.17, 15) is 14.7 Å². The highest BCUT2D eigenvalue weighted by molar-refractivity contribution is 9.10. The lowest BCUT2D eigenvalue weighted by atomic mass is 9.95. The van der Waals surface area contributed by atoms with Crippen LogP contribution < -0.4 is 14.5 Å². The molecule has 1 fully saturated rings. The van der Waals surface area contributed by atoms with Crippen LogP contribution in [0.3, 0.4) is 0 Å². The van der Waals surface area contributed by atoms with Crippen molar-refractivity contribution in [3.05, 3.63) is 27.1 Å². The average Bonchev–Trinajstić information content (AvgIpc) is 2.81. The van der Waals surface area contributed by atoms with Crippen molar-refractivity contribution in [3.63, 3.8) is 0 Å². The number of benzene rings is 1. The summed E-state index contributed by atoms with van der Waals surface area (Å²) in [6.45, 7) is 7.56. The Hall–Kier alpha value is -2.59. The Balaban J connectivity index is 1.72. The van der Waals surface area contributed by atoms with Gasteiger partial charge in [0.1, 0.15) is 34.5 Å². The maximum absolute atomic E-state index is 15.3. The third-order valence-corrected chi connectivity index (χ3v) is 7.84. The fraction of sp³-hybridized carbons (Fsp3) is 0.500. The number of pyridine rings is 1. The highest BCUT2D eigenvalue weighted by atomic mass is 79.9. The van der Waals surface area contributed by atoms with Gasteiger partial charge in [-0.05, 0) is 49.7 Å². The number of anilines is 2. The summed E-state index contributed by atoms with van der Waals surface area (Å²) in [5, 5.41) is 10.5. The van der Waals surface area contributed by atoms with Crippen molar-refractivity contribution < 1.29 is 28.6 Å². The second-order valence-electron chi connectivity index (χ2n) is 10.2. The molecule has 9 nitrogen and oxygen atoms in total. The molecular formula is C24H25BrClFN4O5. The van der Waals surface area contributed by atoms with Gasteiger partial charge in [0, 0.05) is 18.0 Å². The highest BCUT2D eigenvalue weighted by Crippen LogP contribution is 2.52. The first-order valence-electron chi connectivity index (χ1n) is 11.5. The van der Waals surface area contributed by atoms with Crippen LogP contribution in [0, 0.1) is 5.82 Å². The van der Waals surface area contributed by atoms with Gasteiger partial charge in [0.15, 0.2) is 5.82 Å². The predicted octanol–water partition coefficient (Wildman–Crippen LogP) is 3.89. The normalized spacial score (nSPS) is 23.2. The van der Waals surface area contributed by atoms with E-state index in [1.54, 1.807) is 36.6 Å². The van der Waals surface area contributed by atoms with Gasteiger partial charge in [-0.3, -0.25) is 0 Å². The lowest BCUT2D eigenvalue weighted by Crippen LogP contribution is -2.64. The third-order valence-electron chi connectivity index (χ3n) is 6.53. The minimum Gasteiger partial charge on any atom is -0.468 e. The number of ether oxygens (including phenoxy) is 2. The maximum atomic E-state index is 15.3. The molecule has 0 unspecified atom stereocenters. The summed E-state index contributed by atoms with van der Waals surface area (Å²) in [5.41, 5.74) is 0.707. The number of aliphatic hydroxyl groups excluding tert-OH is 1. The van der Waals surface area contributed by atoms with Crippen molar-refractivity contribution in [3.8, 4) is 5.88 Å². The van der Waals surface area contributed by atoms with E-state index in [1.165, 1.54) is 0 Å². The summed E-state index contributed by atoms with van der Waals surface area (Å²) in [4.78, 5) is 35.0. The molecule has 0 radical (unpaired) electrons. The average molecular weight is 584 g/mol. The van der Waals surface area contributed by atoms with E-state index in [0.29, 0.717) is 23.3 Å². The molecule has 36 heavy (non-hydrogen) atoms. The smallest absolute Gasteiger partial charge is 0.410 e. The largest absolute Gasteiger partial charge is 0.468 e. The second kappa shape index (κ2) is 8.76. The first kappa shape index (κ1) is 25.1. The Kier molecular flexibility index (Phi) is 6.10. The van der Waals surface area contributed by atoms with Gasteiger partial charge in [-0.2, -0.15) is 0 Å². The van der Waals surface area contributed by atoms with Gasteiger partial charge in [-0.15, -0.1) is 0 Å². The van der Waals surface area contributed by atoms with Crippen molar-refractivity contribution in [1.82, 2.24) is 9.88 Å². The van der Waals surface area contributed by atoms with Gasteiger partial charge >= 0.3 is 6.09 Å². The molecule has 0 spiro atoms. The van der Waals surface area contributed by atoms with Crippen molar-refractivity contribution in [2.75, 3.05) is 36.0 Å². The number of hydrogen-bond donors (Lipinski definition) is 1. The standard InChI is InChI=1S/C24H25BrClFN4O5/c1-11-6-30-15(8-29(11)23(34)36-24(2,3)4)16(10-33)31-7-12(9-32)35-22-21(31)20(30)13-5-14(26)17(25)18(27)19(13)28-22/h5,11-12,15,32H,6-9H2,1-4H3/t11-,12+,15-/m1/s1. The van der Waals surface area contributed by atoms with Crippen LogP contribution in [0.2, 0.25) is 5.02 Å². The number of carbonyl (C=O) groups is 1. The lowest BCUT2D eigenvalue weighted by molar-refractivity contribution is 0.0133. The van der Waals surface area contributed by atoms with Crippen LogP contribution in [-0.4, -0.2) is 77.1 Å². The fourth-order valence-corrected chi connectivity index (χ4v) is 5.51. The van der Waals surface area contributed by atoms with Crippen molar-refractivity contribution in [1.29, 1.82) is 0 Å². The molecule has 5 rings (SSSR count). The lowest BCUT2D eigenvalue weighted by Gasteiger charge is -2.53. The summed E-state index contributed by atoms with van der Waals surface area (Å²) >= 11 is 9.52. The van der Waals surface area contributed by atoms with E-state index in [-0.39, 0.29) is 52.3 Å². The molecule has 2 aromatic rings. The quantitative estimate of drug-likeness (QED) is 0.399. The fourth-order valence-electron chi connectivity index (χ4n) is 5.01. The third kappa shape index (κ3) is 3.89. The van der Waals surface area contributed by atoms with Crippen LogP contribution in [0.1, 0.15) is 27.7 Å². The molecule has 0 saturated carbocycles. The molecule has 192 valence electrons. The van der Waals surface area contributed by atoms with Crippen LogP contribution in [0.4, 0.5) is 20.6 Å². The van der Waals surface area contributed by atoms with Gasteiger partial charge in [0.05, 0.1) is 40.9 Å². The van der Waals surface area contributed by atoms with E-state index in [4.69, 9.17) is 21.1 Å². The first-order valence-corrected chi connectivity index (χ1v) is 12.7. The molecule has 1 amide bonds. The van der Waals surface area contributed by atoms with Gasteiger partial charge in [-0.1, -0.05) is 11.6 Å². The monoisotopic (exact) mass is 582 g/mol. The molecule has 4 heterocycles. The molecular weight excluding hydrogens is 559 g/mol. The molecule has 3 aliphatic heterocycles. The molecule has 0 bridgehead atoms. The van der Waals surface area contributed by atoms with Crippen LogP contribution in [0.5, 0.6) is 5.88 Å². The zero-order valence-electron chi connectivity index (χ0n) is 20.1. The number of aliphatic hydroxyl groups is 1. The number of hydrogen-bond acceptors (Lipinski definition) is 8. The number of carbonyl (C=O) groups excluding carboxylic acids is 2. The molecule has 3 aliphatic rings. The summed E-state index contributed by atoms with van der Waals surface area (Å²) in [6.07, 6.45) is -1.19. The molecule has 0 aliphatic carbocycles. The van der Waals surface area contributed by atoms with Crippen LogP contribution in [0.25, 0.3) is 10.9 Å². The summed E-state index contributed by atoms with van der Waals surface area (Å²) in [6, 6.07) is 0.737. The van der Waals surface area contributed by atoms with E-state index in [1.807, 2.05) is 11.8 Å². The zero-order chi connectivity index (χ0) is 26.1. The molecule has 1 aromatic heterocycles.